The highest BCUT2D eigenvalue weighted by Crippen LogP contribution is 2.29. The number of nitrogens with zero attached hydrogens (tertiary/aromatic N) is 1. The first-order valence-corrected chi connectivity index (χ1v) is 7.51. The number of benzene rings is 1. The van der Waals surface area contributed by atoms with E-state index in [4.69, 9.17) is 5.26 Å². The van der Waals surface area contributed by atoms with Gasteiger partial charge in [0.1, 0.15) is 17.4 Å². The molecule has 1 aromatic carbocycles. The summed E-state index contributed by atoms with van der Waals surface area (Å²) in [6.45, 7) is 0. The van der Waals surface area contributed by atoms with Crippen molar-refractivity contribution in [2.45, 2.75) is 37.0 Å². The number of hydrogen-bond donors (Lipinski definition) is 1. The van der Waals surface area contributed by atoms with Crippen LogP contribution in [0, 0.1) is 17.1 Å². The van der Waals surface area contributed by atoms with Gasteiger partial charge in [-0.15, -0.1) is 0 Å². The van der Waals surface area contributed by atoms with Gasteiger partial charge in [-0.2, -0.15) is 17.0 Å². The highest BCUT2D eigenvalue weighted by Gasteiger charge is 2.21. The SMILES string of the molecule is CSC1CCC(Nc2cccc(F)c2C#N)CC1. The Bertz CT molecular complexity index is 448. The van der Waals surface area contributed by atoms with Crippen molar-refractivity contribution in [3.05, 3.63) is 29.6 Å². The summed E-state index contributed by atoms with van der Waals surface area (Å²) in [6, 6.07) is 7.05. The summed E-state index contributed by atoms with van der Waals surface area (Å²) in [5.74, 6) is -0.444. The fourth-order valence-corrected chi connectivity index (χ4v) is 3.16. The van der Waals surface area contributed by atoms with Crippen molar-refractivity contribution in [2.24, 2.45) is 0 Å². The first kappa shape index (κ1) is 13.2. The molecule has 1 fully saturated rings. The number of rotatable bonds is 3. The number of hydrogen-bond acceptors (Lipinski definition) is 3. The van der Waals surface area contributed by atoms with Crippen LogP contribution >= 0.6 is 11.8 Å². The number of halogens is 1. The molecule has 1 aliphatic carbocycles. The summed E-state index contributed by atoms with van der Waals surface area (Å²) in [5.41, 5.74) is 0.759. The third-order valence-corrected chi connectivity index (χ3v) is 4.63. The lowest BCUT2D eigenvalue weighted by atomic mass is 9.94. The van der Waals surface area contributed by atoms with Crippen LogP contribution in [0.1, 0.15) is 31.2 Å². The molecule has 1 aliphatic rings. The van der Waals surface area contributed by atoms with E-state index >= 15 is 0 Å². The third-order valence-electron chi connectivity index (χ3n) is 3.49. The first-order valence-electron chi connectivity index (χ1n) is 6.22. The summed E-state index contributed by atoms with van der Waals surface area (Å²) in [5, 5.41) is 13.0. The Morgan fingerprint density at radius 2 is 2.06 bits per heavy atom. The second kappa shape index (κ2) is 6.10. The maximum absolute atomic E-state index is 13.5. The van der Waals surface area contributed by atoms with Crippen molar-refractivity contribution in [2.75, 3.05) is 11.6 Å². The zero-order chi connectivity index (χ0) is 13.0. The van der Waals surface area contributed by atoms with Crippen LogP contribution in [-0.2, 0) is 0 Å². The highest BCUT2D eigenvalue weighted by molar-refractivity contribution is 7.99. The molecule has 18 heavy (non-hydrogen) atoms. The van der Waals surface area contributed by atoms with Gasteiger partial charge in [0, 0.05) is 11.3 Å². The molecule has 0 radical (unpaired) electrons. The summed E-state index contributed by atoms with van der Waals surface area (Å²) in [6.07, 6.45) is 6.71. The molecule has 0 amide bonds. The normalized spacial score (nSPS) is 23.4. The van der Waals surface area contributed by atoms with Crippen LogP contribution in [0.5, 0.6) is 0 Å². The maximum atomic E-state index is 13.5. The van der Waals surface area contributed by atoms with Gasteiger partial charge in [0.15, 0.2) is 0 Å². The lowest BCUT2D eigenvalue weighted by Gasteiger charge is -2.29. The lowest BCUT2D eigenvalue weighted by molar-refractivity contribution is 0.473. The molecule has 0 spiro atoms. The predicted octanol–water partition coefficient (Wildman–Crippen LogP) is 3.78. The second-order valence-electron chi connectivity index (χ2n) is 4.63. The van der Waals surface area contributed by atoms with E-state index < -0.39 is 5.82 Å². The minimum absolute atomic E-state index is 0.129. The Labute approximate surface area is 112 Å². The van der Waals surface area contributed by atoms with E-state index in [1.165, 1.54) is 18.9 Å². The Morgan fingerprint density at radius 3 is 2.67 bits per heavy atom. The Hall–Kier alpha value is -1.21. The van der Waals surface area contributed by atoms with E-state index in [2.05, 4.69) is 11.6 Å². The topological polar surface area (TPSA) is 35.8 Å². The number of anilines is 1. The predicted molar refractivity (Wildman–Crippen MR) is 74.3 cm³/mol. The van der Waals surface area contributed by atoms with Crippen LogP contribution in [0.3, 0.4) is 0 Å². The van der Waals surface area contributed by atoms with E-state index in [9.17, 15) is 4.39 Å². The minimum atomic E-state index is -0.444. The molecule has 0 aromatic heterocycles. The van der Waals surface area contributed by atoms with Gasteiger partial charge < -0.3 is 5.32 Å². The van der Waals surface area contributed by atoms with E-state index in [1.807, 2.05) is 17.8 Å². The van der Waals surface area contributed by atoms with Crippen LogP contribution in [0.4, 0.5) is 10.1 Å². The Kier molecular flexibility index (Phi) is 4.48. The minimum Gasteiger partial charge on any atom is -0.381 e. The molecule has 96 valence electrons. The average molecular weight is 264 g/mol. The van der Waals surface area contributed by atoms with Gasteiger partial charge in [-0.3, -0.25) is 0 Å². The van der Waals surface area contributed by atoms with Crippen molar-refractivity contribution >= 4 is 17.4 Å². The fourth-order valence-electron chi connectivity index (χ4n) is 2.42. The van der Waals surface area contributed by atoms with E-state index in [0.29, 0.717) is 11.7 Å². The van der Waals surface area contributed by atoms with Crippen LogP contribution in [0.25, 0.3) is 0 Å². The average Bonchev–Trinajstić information content (AvgIpc) is 2.40. The van der Waals surface area contributed by atoms with Crippen LogP contribution < -0.4 is 5.32 Å². The fraction of sp³-hybridized carbons (Fsp3) is 0.500. The molecular formula is C14H17FN2S. The number of nitrogens with one attached hydrogen (secondary N) is 1. The summed E-state index contributed by atoms with van der Waals surface area (Å²) >= 11 is 1.92. The number of thioether (sulfide) groups is 1. The molecule has 2 nitrogen and oxygen atoms in total. The molecule has 1 N–H and O–H groups in total. The monoisotopic (exact) mass is 264 g/mol. The van der Waals surface area contributed by atoms with Crippen molar-refractivity contribution in [1.29, 1.82) is 5.26 Å². The maximum Gasteiger partial charge on any atom is 0.143 e. The van der Waals surface area contributed by atoms with Gasteiger partial charge in [0.25, 0.3) is 0 Å². The van der Waals surface area contributed by atoms with E-state index in [0.717, 1.165) is 18.1 Å². The van der Waals surface area contributed by atoms with Crippen LogP contribution in [0.15, 0.2) is 18.2 Å². The molecule has 0 heterocycles. The molecule has 0 saturated heterocycles. The van der Waals surface area contributed by atoms with Gasteiger partial charge in [-0.1, -0.05) is 6.07 Å². The first-order chi connectivity index (χ1) is 8.74. The Morgan fingerprint density at radius 1 is 1.33 bits per heavy atom. The standard InChI is InChI=1S/C14H17FN2S/c1-18-11-7-5-10(6-8-11)17-14-4-2-3-13(15)12(14)9-16/h2-4,10-11,17H,5-8H2,1H3. The lowest BCUT2D eigenvalue weighted by Crippen LogP contribution is -2.27. The van der Waals surface area contributed by atoms with Crippen molar-refractivity contribution < 1.29 is 4.39 Å². The summed E-state index contributed by atoms with van der Waals surface area (Å²) in [4.78, 5) is 0. The highest BCUT2D eigenvalue weighted by atomic mass is 32.2. The van der Waals surface area contributed by atoms with Crippen LogP contribution in [0.2, 0.25) is 0 Å². The van der Waals surface area contributed by atoms with E-state index in [-0.39, 0.29) is 5.56 Å². The number of nitriles is 1. The van der Waals surface area contributed by atoms with Gasteiger partial charge in [-0.05, 0) is 44.1 Å². The Balaban J connectivity index is 2.03. The van der Waals surface area contributed by atoms with E-state index in [1.54, 1.807) is 12.1 Å². The van der Waals surface area contributed by atoms with Gasteiger partial charge in [0.05, 0.1) is 5.69 Å². The molecule has 4 heteroatoms. The smallest absolute Gasteiger partial charge is 0.143 e. The van der Waals surface area contributed by atoms with Gasteiger partial charge >= 0.3 is 0 Å². The van der Waals surface area contributed by atoms with Crippen molar-refractivity contribution in [1.82, 2.24) is 0 Å². The van der Waals surface area contributed by atoms with Crippen molar-refractivity contribution in [3.8, 4) is 6.07 Å². The van der Waals surface area contributed by atoms with Crippen LogP contribution in [-0.4, -0.2) is 17.5 Å². The molecule has 0 aliphatic heterocycles. The molecular weight excluding hydrogens is 247 g/mol. The molecule has 1 aromatic rings. The summed E-state index contributed by atoms with van der Waals surface area (Å²) < 4.78 is 13.5. The molecule has 0 atom stereocenters. The quantitative estimate of drug-likeness (QED) is 0.902. The molecule has 0 bridgehead atoms. The molecule has 2 rings (SSSR count). The largest absolute Gasteiger partial charge is 0.381 e. The van der Waals surface area contributed by atoms with Crippen molar-refractivity contribution in [3.63, 3.8) is 0 Å². The van der Waals surface area contributed by atoms with Gasteiger partial charge in [0.2, 0.25) is 0 Å². The summed E-state index contributed by atoms with van der Waals surface area (Å²) in [7, 11) is 0. The zero-order valence-electron chi connectivity index (χ0n) is 10.4. The van der Waals surface area contributed by atoms with Gasteiger partial charge in [-0.25, -0.2) is 4.39 Å². The second-order valence-corrected chi connectivity index (χ2v) is 5.77. The zero-order valence-corrected chi connectivity index (χ0v) is 11.3. The molecule has 1 saturated carbocycles. The third kappa shape index (κ3) is 2.97. The molecule has 0 unspecified atom stereocenters.